The Morgan fingerprint density at radius 3 is 2.53 bits per heavy atom. The number of amidine groups is 1. The van der Waals surface area contributed by atoms with E-state index in [9.17, 15) is 18.0 Å². The molecule has 1 spiro atoms. The zero-order chi connectivity index (χ0) is 24.7. The van der Waals surface area contributed by atoms with Gasteiger partial charge in [-0.2, -0.15) is 13.2 Å². The number of hydrogen-bond donors (Lipinski definition) is 2. The molecule has 1 aliphatic carbocycles. The molecule has 0 unspecified atom stereocenters. The molecular formula is C23H25F3N4O4. The fourth-order valence-corrected chi connectivity index (χ4v) is 5.11. The van der Waals surface area contributed by atoms with E-state index >= 15 is 0 Å². The van der Waals surface area contributed by atoms with E-state index in [4.69, 9.17) is 19.4 Å². The number of fused-ring (bicyclic) bond motifs is 2. The van der Waals surface area contributed by atoms with Gasteiger partial charge in [-0.05, 0) is 32.6 Å². The Hall–Kier alpha value is -3.21. The highest BCUT2D eigenvalue weighted by molar-refractivity contribution is 6.15. The number of benzene rings is 1. The van der Waals surface area contributed by atoms with Gasteiger partial charge < -0.3 is 14.9 Å². The summed E-state index contributed by atoms with van der Waals surface area (Å²) in [5, 5.41) is 14.3. The molecule has 34 heavy (non-hydrogen) atoms. The largest absolute Gasteiger partial charge is 0.490 e. The van der Waals surface area contributed by atoms with Crippen molar-refractivity contribution in [3.05, 3.63) is 52.9 Å². The maximum absolute atomic E-state index is 13.0. The minimum Gasteiger partial charge on any atom is -0.475 e. The molecule has 2 aliphatic heterocycles. The summed E-state index contributed by atoms with van der Waals surface area (Å²) >= 11 is 0. The minimum absolute atomic E-state index is 0.0769. The third kappa shape index (κ3) is 4.44. The van der Waals surface area contributed by atoms with Crippen molar-refractivity contribution in [2.75, 3.05) is 13.1 Å². The van der Waals surface area contributed by atoms with E-state index in [-0.39, 0.29) is 11.8 Å². The van der Waals surface area contributed by atoms with Crippen molar-refractivity contribution in [2.45, 2.75) is 44.9 Å². The van der Waals surface area contributed by atoms with Crippen LogP contribution >= 0.6 is 0 Å². The number of carboxylic acids is 1. The van der Waals surface area contributed by atoms with E-state index in [1.54, 1.807) is 0 Å². The average molecular weight is 478 g/mol. The van der Waals surface area contributed by atoms with Gasteiger partial charge in [0.15, 0.2) is 0 Å². The number of likely N-dealkylation sites (tertiary alicyclic amines) is 1. The highest BCUT2D eigenvalue weighted by Gasteiger charge is 2.59. The number of nitrogens with one attached hydrogen (secondary N) is 1. The molecule has 0 bridgehead atoms. The van der Waals surface area contributed by atoms with E-state index in [2.05, 4.69) is 15.4 Å². The molecule has 1 aromatic heterocycles. The van der Waals surface area contributed by atoms with Gasteiger partial charge in [-0.1, -0.05) is 35.5 Å². The van der Waals surface area contributed by atoms with Gasteiger partial charge in [0.25, 0.3) is 5.91 Å². The summed E-state index contributed by atoms with van der Waals surface area (Å²) in [5.74, 6) is -0.262. The molecule has 1 aromatic carbocycles. The Morgan fingerprint density at radius 1 is 1.26 bits per heavy atom. The fourth-order valence-electron chi connectivity index (χ4n) is 5.11. The van der Waals surface area contributed by atoms with Crippen LogP contribution in [0.4, 0.5) is 13.2 Å². The monoisotopic (exact) mass is 478 g/mol. The summed E-state index contributed by atoms with van der Waals surface area (Å²) in [6.45, 7) is 6.70. The average Bonchev–Trinajstić information content (AvgIpc) is 3.51. The number of hydrogen-bond acceptors (Lipinski definition) is 6. The van der Waals surface area contributed by atoms with Crippen molar-refractivity contribution in [2.24, 2.45) is 16.8 Å². The summed E-state index contributed by atoms with van der Waals surface area (Å²) in [7, 11) is 0. The first-order valence-corrected chi connectivity index (χ1v) is 10.9. The Labute approximate surface area is 193 Å². The molecule has 2 aromatic rings. The zero-order valence-electron chi connectivity index (χ0n) is 18.7. The number of rotatable bonds is 3. The highest BCUT2D eigenvalue weighted by Crippen LogP contribution is 2.49. The molecular weight excluding hydrogens is 453 g/mol. The number of aryl methyl sites for hydroxylation is 2. The molecule has 2 N–H and O–H groups in total. The molecule has 3 atom stereocenters. The van der Waals surface area contributed by atoms with Crippen LogP contribution in [0.15, 0.2) is 39.8 Å². The zero-order valence-corrected chi connectivity index (χ0v) is 18.7. The number of carboxylic acid groups (broad SMARTS) is 1. The van der Waals surface area contributed by atoms with Crippen LogP contribution in [-0.2, 0) is 16.1 Å². The molecule has 1 amide bonds. The van der Waals surface area contributed by atoms with Crippen molar-refractivity contribution in [1.82, 2.24) is 15.4 Å². The summed E-state index contributed by atoms with van der Waals surface area (Å²) in [6, 6.07) is 9.94. The predicted octanol–water partition coefficient (Wildman–Crippen LogP) is 3.08. The van der Waals surface area contributed by atoms with Crippen LogP contribution in [0.3, 0.4) is 0 Å². The fraction of sp³-hybridized carbons (Fsp3) is 0.478. The smallest absolute Gasteiger partial charge is 0.475 e. The summed E-state index contributed by atoms with van der Waals surface area (Å²) in [5.41, 5.74) is 2.52. The standard InChI is InChI=1S/C21H24N4O2.C2HF3O2/c1-13-17(14(2)27-24-13)11-25-10-16-8-9-21(18(16)12-25)20(26)22-19(23-21)15-6-4-3-5-7-15;3-2(4,5)1(6)7/h3-7,16,18H,8-12H2,1-2H3,(H,22,23,26);(H,6,7)/t16-,18+,21-;/m1./s1. The van der Waals surface area contributed by atoms with E-state index in [1.807, 2.05) is 44.2 Å². The Balaban J connectivity index is 0.000000344. The van der Waals surface area contributed by atoms with E-state index in [1.165, 1.54) is 5.56 Å². The first kappa shape index (κ1) is 23.9. The highest BCUT2D eigenvalue weighted by atomic mass is 19.4. The molecule has 2 fully saturated rings. The lowest BCUT2D eigenvalue weighted by molar-refractivity contribution is -0.192. The number of aliphatic imine (C=N–C) groups is 1. The lowest BCUT2D eigenvalue weighted by atomic mass is 9.85. The normalized spacial score (nSPS) is 26.1. The maximum atomic E-state index is 13.0. The molecule has 11 heteroatoms. The van der Waals surface area contributed by atoms with Gasteiger partial charge in [0.1, 0.15) is 17.1 Å². The van der Waals surface area contributed by atoms with Gasteiger partial charge in [0.2, 0.25) is 0 Å². The number of amides is 1. The SMILES string of the molecule is Cc1noc(C)c1CN1C[C@H]2CC[C@@]3(N=C(c4ccccc4)NC3=O)[C@H]2C1.O=C(O)C(F)(F)F. The minimum atomic E-state index is -5.08. The number of carbonyl (C=O) groups is 2. The predicted molar refractivity (Wildman–Crippen MR) is 115 cm³/mol. The van der Waals surface area contributed by atoms with Gasteiger partial charge in [-0.3, -0.25) is 14.7 Å². The van der Waals surface area contributed by atoms with Crippen molar-refractivity contribution in [3.63, 3.8) is 0 Å². The third-order valence-corrected chi connectivity index (χ3v) is 6.82. The molecule has 1 saturated heterocycles. The second kappa shape index (κ2) is 8.86. The van der Waals surface area contributed by atoms with E-state index < -0.39 is 17.7 Å². The first-order chi connectivity index (χ1) is 16.0. The molecule has 3 heterocycles. The van der Waals surface area contributed by atoms with Gasteiger partial charge >= 0.3 is 12.1 Å². The number of alkyl halides is 3. The topological polar surface area (TPSA) is 108 Å². The quantitative estimate of drug-likeness (QED) is 0.702. The van der Waals surface area contributed by atoms with Crippen LogP contribution in [0.2, 0.25) is 0 Å². The van der Waals surface area contributed by atoms with Gasteiger partial charge in [-0.25, -0.2) is 4.79 Å². The van der Waals surface area contributed by atoms with Crippen LogP contribution in [0.5, 0.6) is 0 Å². The van der Waals surface area contributed by atoms with Gasteiger partial charge in [0.05, 0.1) is 5.69 Å². The van der Waals surface area contributed by atoms with Crippen molar-refractivity contribution < 1.29 is 32.4 Å². The van der Waals surface area contributed by atoms with Crippen molar-refractivity contribution >= 4 is 17.7 Å². The van der Waals surface area contributed by atoms with Crippen LogP contribution in [-0.4, -0.2) is 57.7 Å². The molecule has 8 nitrogen and oxygen atoms in total. The molecule has 1 saturated carbocycles. The molecule has 182 valence electrons. The Morgan fingerprint density at radius 2 is 1.94 bits per heavy atom. The van der Waals surface area contributed by atoms with Crippen LogP contribution in [0.1, 0.15) is 35.4 Å². The van der Waals surface area contributed by atoms with Gasteiger partial charge in [-0.15, -0.1) is 0 Å². The number of nitrogens with zero attached hydrogens (tertiary/aromatic N) is 3. The number of aliphatic carboxylic acids is 1. The van der Waals surface area contributed by atoms with Crippen molar-refractivity contribution in [1.29, 1.82) is 0 Å². The van der Waals surface area contributed by atoms with Crippen LogP contribution in [0.25, 0.3) is 0 Å². The maximum Gasteiger partial charge on any atom is 0.490 e. The lowest BCUT2D eigenvalue weighted by Gasteiger charge is -2.25. The number of carbonyl (C=O) groups excluding carboxylic acids is 1. The first-order valence-electron chi connectivity index (χ1n) is 10.9. The summed E-state index contributed by atoms with van der Waals surface area (Å²) in [4.78, 5) is 29.3. The van der Waals surface area contributed by atoms with Gasteiger partial charge in [0, 0.05) is 36.7 Å². The Bertz CT molecular complexity index is 1100. The lowest BCUT2D eigenvalue weighted by Crippen LogP contribution is -2.44. The van der Waals surface area contributed by atoms with E-state index in [0.29, 0.717) is 5.92 Å². The van der Waals surface area contributed by atoms with Crippen LogP contribution in [0, 0.1) is 25.7 Å². The van der Waals surface area contributed by atoms with Crippen molar-refractivity contribution in [3.8, 4) is 0 Å². The molecule has 0 radical (unpaired) electrons. The molecule has 5 rings (SSSR count). The third-order valence-electron chi connectivity index (χ3n) is 6.82. The number of halogens is 3. The Kier molecular flexibility index (Phi) is 6.24. The second-order valence-electron chi connectivity index (χ2n) is 8.91. The van der Waals surface area contributed by atoms with Crippen LogP contribution < -0.4 is 5.32 Å². The summed E-state index contributed by atoms with van der Waals surface area (Å²) < 4.78 is 37.0. The van der Waals surface area contributed by atoms with E-state index in [0.717, 1.165) is 55.3 Å². The second-order valence-corrected chi connectivity index (χ2v) is 8.91. The number of aromatic nitrogens is 1. The molecule has 3 aliphatic rings. The summed E-state index contributed by atoms with van der Waals surface area (Å²) in [6.07, 6.45) is -3.18.